The molecule has 2 aliphatic rings. The first-order valence-corrected chi connectivity index (χ1v) is 9.17. The zero-order chi connectivity index (χ0) is 15.7. The second-order valence-electron chi connectivity index (χ2n) is 7.20. The van der Waals surface area contributed by atoms with Gasteiger partial charge >= 0.3 is 0 Å². The first-order valence-electron chi connectivity index (χ1n) is 8.42. The van der Waals surface area contributed by atoms with Crippen molar-refractivity contribution in [2.75, 3.05) is 5.32 Å². The summed E-state index contributed by atoms with van der Waals surface area (Å²) in [6, 6.07) is 5.44. The van der Waals surface area contributed by atoms with Gasteiger partial charge in [-0.3, -0.25) is 0 Å². The summed E-state index contributed by atoms with van der Waals surface area (Å²) in [6.45, 7) is 2.21. The Bertz CT molecular complexity index is 522. The number of halogens is 2. The van der Waals surface area contributed by atoms with Crippen LogP contribution >= 0.6 is 23.2 Å². The maximum absolute atomic E-state index is 10.9. The number of hydrogen-bond donors (Lipinski definition) is 2. The summed E-state index contributed by atoms with van der Waals surface area (Å²) in [5.41, 5.74) is 0.825. The van der Waals surface area contributed by atoms with Gasteiger partial charge in [-0.1, -0.05) is 49.4 Å². The van der Waals surface area contributed by atoms with E-state index in [2.05, 4.69) is 12.2 Å². The lowest BCUT2D eigenvalue weighted by molar-refractivity contribution is -0.0397. The predicted molar refractivity (Wildman–Crippen MR) is 93.5 cm³/mol. The van der Waals surface area contributed by atoms with Crippen LogP contribution in [0.2, 0.25) is 10.0 Å². The molecule has 2 aliphatic carbocycles. The van der Waals surface area contributed by atoms with Gasteiger partial charge in [-0.25, -0.2) is 0 Å². The SMILES string of the molecule is CCC1(C(O)Nc2ccc(Cl)c(Cl)c2)CC2CCCC(C2)C1. The highest BCUT2D eigenvalue weighted by molar-refractivity contribution is 6.42. The van der Waals surface area contributed by atoms with Crippen LogP contribution in [0.1, 0.15) is 51.9 Å². The molecule has 0 heterocycles. The molecule has 2 fully saturated rings. The van der Waals surface area contributed by atoms with Crippen LogP contribution in [-0.2, 0) is 0 Å². The van der Waals surface area contributed by atoms with E-state index in [1.54, 1.807) is 12.1 Å². The smallest absolute Gasteiger partial charge is 0.130 e. The Labute approximate surface area is 143 Å². The first kappa shape index (κ1) is 16.4. The van der Waals surface area contributed by atoms with Crippen molar-refractivity contribution in [1.29, 1.82) is 0 Å². The fraction of sp³-hybridized carbons (Fsp3) is 0.667. The topological polar surface area (TPSA) is 32.3 Å². The molecule has 0 amide bonds. The minimum Gasteiger partial charge on any atom is -0.373 e. The molecule has 4 heteroatoms. The number of aliphatic hydroxyl groups excluding tert-OH is 1. The van der Waals surface area contributed by atoms with Crippen molar-refractivity contribution in [3.63, 3.8) is 0 Å². The van der Waals surface area contributed by atoms with E-state index in [4.69, 9.17) is 23.2 Å². The van der Waals surface area contributed by atoms with Crippen LogP contribution < -0.4 is 5.32 Å². The maximum atomic E-state index is 10.9. The van der Waals surface area contributed by atoms with E-state index in [1.807, 2.05) is 6.07 Å². The number of aliphatic hydroxyl groups is 1. The normalized spacial score (nSPS) is 32.5. The first-order chi connectivity index (χ1) is 10.5. The van der Waals surface area contributed by atoms with Crippen LogP contribution in [-0.4, -0.2) is 11.3 Å². The molecule has 22 heavy (non-hydrogen) atoms. The second kappa shape index (κ2) is 6.59. The number of hydrogen-bond acceptors (Lipinski definition) is 2. The zero-order valence-corrected chi connectivity index (χ0v) is 14.6. The quantitative estimate of drug-likeness (QED) is 0.686. The molecule has 1 aromatic carbocycles. The number of anilines is 1. The summed E-state index contributed by atoms with van der Waals surface area (Å²) < 4.78 is 0. The summed E-state index contributed by atoms with van der Waals surface area (Å²) in [5, 5.41) is 15.2. The van der Waals surface area contributed by atoms with Crippen molar-refractivity contribution in [1.82, 2.24) is 0 Å². The van der Waals surface area contributed by atoms with Gasteiger partial charge in [-0.15, -0.1) is 0 Å². The van der Waals surface area contributed by atoms with Gasteiger partial charge < -0.3 is 10.4 Å². The Kier molecular flexibility index (Phi) is 4.92. The van der Waals surface area contributed by atoms with E-state index in [9.17, 15) is 5.11 Å². The highest BCUT2D eigenvalue weighted by Gasteiger charge is 2.45. The van der Waals surface area contributed by atoms with E-state index in [0.29, 0.717) is 10.0 Å². The Hall–Kier alpha value is -0.440. The van der Waals surface area contributed by atoms with Gasteiger partial charge in [0.1, 0.15) is 6.23 Å². The summed E-state index contributed by atoms with van der Waals surface area (Å²) >= 11 is 12.0. The third-order valence-electron chi connectivity index (χ3n) is 5.79. The van der Waals surface area contributed by atoms with Crippen molar-refractivity contribution in [2.24, 2.45) is 17.3 Å². The zero-order valence-electron chi connectivity index (χ0n) is 13.1. The fourth-order valence-corrected chi connectivity index (χ4v) is 4.91. The van der Waals surface area contributed by atoms with Gasteiger partial charge in [0.2, 0.25) is 0 Å². The van der Waals surface area contributed by atoms with Crippen LogP contribution in [0.15, 0.2) is 18.2 Å². The molecule has 0 radical (unpaired) electrons. The molecule has 3 rings (SSSR count). The predicted octanol–water partition coefficient (Wildman–Crippen LogP) is 5.72. The third kappa shape index (κ3) is 3.25. The lowest BCUT2D eigenvalue weighted by Crippen LogP contribution is -2.47. The van der Waals surface area contributed by atoms with E-state index in [0.717, 1.165) is 36.8 Å². The van der Waals surface area contributed by atoms with Gasteiger partial charge in [0.25, 0.3) is 0 Å². The van der Waals surface area contributed by atoms with E-state index in [-0.39, 0.29) is 5.41 Å². The lowest BCUT2D eigenvalue weighted by Gasteiger charge is -2.49. The molecule has 2 N–H and O–H groups in total. The summed E-state index contributed by atoms with van der Waals surface area (Å²) in [7, 11) is 0. The molecule has 2 saturated carbocycles. The van der Waals surface area contributed by atoms with Crippen molar-refractivity contribution in [2.45, 2.75) is 58.1 Å². The fourth-order valence-electron chi connectivity index (χ4n) is 4.61. The lowest BCUT2D eigenvalue weighted by atomic mass is 9.59. The molecule has 2 nitrogen and oxygen atoms in total. The highest BCUT2D eigenvalue weighted by atomic mass is 35.5. The van der Waals surface area contributed by atoms with Gasteiger partial charge in [-0.05, 0) is 55.7 Å². The molecule has 1 aromatic rings. The molecular weight excluding hydrogens is 317 g/mol. The van der Waals surface area contributed by atoms with E-state index in [1.165, 1.54) is 25.7 Å². The van der Waals surface area contributed by atoms with Gasteiger partial charge in [-0.2, -0.15) is 0 Å². The molecular formula is C18H25Cl2NO. The van der Waals surface area contributed by atoms with Crippen molar-refractivity contribution >= 4 is 28.9 Å². The minimum atomic E-state index is -0.529. The van der Waals surface area contributed by atoms with Gasteiger partial charge in [0.15, 0.2) is 0 Å². The number of benzene rings is 1. The van der Waals surface area contributed by atoms with Crippen LogP contribution in [0.5, 0.6) is 0 Å². The third-order valence-corrected chi connectivity index (χ3v) is 6.53. The van der Waals surface area contributed by atoms with Gasteiger partial charge in [0.05, 0.1) is 10.0 Å². The number of fused-ring (bicyclic) bond motifs is 2. The monoisotopic (exact) mass is 341 g/mol. The maximum Gasteiger partial charge on any atom is 0.130 e. The van der Waals surface area contributed by atoms with Crippen LogP contribution in [0, 0.1) is 17.3 Å². The molecule has 0 aliphatic heterocycles. The Morgan fingerprint density at radius 2 is 1.91 bits per heavy atom. The summed E-state index contributed by atoms with van der Waals surface area (Å²) in [6.07, 6.45) is 8.14. The molecule has 122 valence electrons. The standard InChI is InChI=1S/C18H25Cl2NO/c1-2-18(10-12-4-3-5-13(8-12)11-18)17(22)21-14-6-7-15(19)16(20)9-14/h6-7,9,12-13,17,21-22H,2-5,8,10-11H2,1H3. The van der Waals surface area contributed by atoms with E-state index < -0.39 is 6.23 Å². The largest absolute Gasteiger partial charge is 0.373 e. The second-order valence-corrected chi connectivity index (χ2v) is 8.01. The summed E-state index contributed by atoms with van der Waals surface area (Å²) in [4.78, 5) is 0. The molecule has 3 unspecified atom stereocenters. The minimum absolute atomic E-state index is 0.0138. The Morgan fingerprint density at radius 3 is 2.50 bits per heavy atom. The highest BCUT2D eigenvalue weighted by Crippen LogP contribution is 2.52. The van der Waals surface area contributed by atoms with Crippen molar-refractivity contribution in [3.05, 3.63) is 28.2 Å². The van der Waals surface area contributed by atoms with Crippen LogP contribution in [0.3, 0.4) is 0 Å². The average Bonchev–Trinajstić information content (AvgIpc) is 2.50. The average molecular weight is 342 g/mol. The van der Waals surface area contributed by atoms with Crippen molar-refractivity contribution < 1.29 is 5.11 Å². The van der Waals surface area contributed by atoms with Gasteiger partial charge in [0, 0.05) is 11.1 Å². The number of rotatable bonds is 4. The van der Waals surface area contributed by atoms with Crippen LogP contribution in [0.25, 0.3) is 0 Å². The molecule has 3 atom stereocenters. The van der Waals surface area contributed by atoms with Crippen LogP contribution in [0.4, 0.5) is 5.69 Å². The Balaban J connectivity index is 1.76. The van der Waals surface area contributed by atoms with E-state index >= 15 is 0 Å². The molecule has 0 spiro atoms. The summed E-state index contributed by atoms with van der Waals surface area (Å²) in [5.74, 6) is 1.58. The molecule has 0 aromatic heterocycles. The Morgan fingerprint density at radius 1 is 1.23 bits per heavy atom. The number of nitrogens with one attached hydrogen (secondary N) is 1. The molecule has 0 saturated heterocycles. The molecule has 2 bridgehead atoms. The van der Waals surface area contributed by atoms with Crippen molar-refractivity contribution in [3.8, 4) is 0 Å².